The number of amides is 1. The van der Waals surface area contributed by atoms with Crippen molar-refractivity contribution >= 4 is 17.3 Å². The number of rotatable bonds is 4. The van der Waals surface area contributed by atoms with Gasteiger partial charge in [0.25, 0.3) is 0 Å². The number of aromatic amines is 1. The van der Waals surface area contributed by atoms with Crippen molar-refractivity contribution in [3.8, 4) is 11.5 Å². The fraction of sp³-hybridized carbons (Fsp3) is 0.286. The van der Waals surface area contributed by atoms with Crippen LogP contribution in [0, 0.1) is 0 Å². The van der Waals surface area contributed by atoms with Crippen molar-refractivity contribution in [1.29, 1.82) is 0 Å². The molecular formula is C21H20N2O3. The Kier molecular flexibility index (Phi) is 3.59. The molecule has 132 valence electrons. The molecule has 1 unspecified atom stereocenters. The van der Waals surface area contributed by atoms with Crippen LogP contribution in [0.5, 0.6) is 11.5 Å². The Hall–Kier alpha value is -2.95. The Labute approximate surface area is 151 Å². The normalized spacial score (nSPS) is 18.2. The van der Waals surface area contributed by atoms with Crippen molar-refractivity contribution < 1.29 is 14.3 Å². The Morgan fingerprint density at radius 1 is 1.19 bits per heavy atom. The van der Waals surface area contributed by atoms with Crippen LogP contribution in [-0.4, -0.2) is 29.6 Å². The van der Waals surface area contributed by atoms with Crippen molar-refractivity contribution in [3.05, 3.63) is 59.3 Å². The summed E-state index contributed by atoms with van der Waals surface area (Å²) in [4.78, 5) is 16.9. The highest BCUT2D eigenvalue weighted by Crippen LogP contribution is 2.41. The van der Waals surface area contributed by atoms with E-state index in [1.165, 1.54) is 22.1 Å². The van der Waals surface area contributed by atoms with Crippen LogP contribution in [0.2, 0.25) is 0 Å². The van der Waals surface area contributed by atoms with E-state index in [1.54, 1.807) is 0 Å². The molecule has 0 saturated heterocycles. The van der Waals surface area contributed by atoms with Crippen LogP contribution >= 0.6 is 0 Å². The topological polar surface area (TPSA) is 54.6 Å². The van der Waals surface area contributed by atoms with Gasteiger partial charge < -0.3 is 19.4 Å². The van der Waals surface area contributed by atoms with Gasteiger partial charge in [0.15, 0.2) is 11.5 Å². The summed E-state index contributed by atoms with van der Waals surface area (Å²) < 4.78 is 11.1. The van der Waals surface area contributed by atoms with Crippen LogP contribution in [0.15, 0.2) is 42.6 Å². The average Bonchev–Trinajstić information content (AvgIpc) is 3.30. The van der Waals surface area contributed by atoms with Crippen LogP contribution < -0.4 is 9.47 Å². The summed E-state index contributed by atoms with van der Waals surface area (Å²) in [6.07, 6.45) is 5.71. The molecule has 3 aromatic rings. The highest BCUT2D eigenvalue weighted by atomic mass is 16.7. The standard InChI is InChI=1S/C21H20N2O3/c24-12-23-8-7-14-9-20-21(26-13-25-20)10-17(14)19(23)6-5-15-11-22-18-4-2-1-3-16(15)18/h1-4,9-12,19,22H,5-8,13H2. The zero-order valence-corrected chi connectivity index (χ0v) is 14.4. The first-order chi connectivity index (χ1) is 12.8. The lowest BCUT2D eigenvalue weighted by Gasteiger charge is -2.35. The molecule has 1 aromatic heterocycles. The number of carbonyl (C=O) groups is 1. The number of hydrogen-bond donors (Lipinski definition) is 1. The first-order valence-electron chi connectivity index (χ1n) is 9.02. The molecule has 0 aliphatic carbocycles. The van der Waals surface area contributed by atoms with Crippen molar-refractivity contribution in [3.63, 3.8) is 0 Å². The summed E-state index contributed by atoms with van der Waals surface area (Å²) in [6, 6.07) is 12.6. The number of fused-ring (bicyclic) bond motifs is 3. The third-order valence-corrected chi connectivity index (χ3v) is 5.53. The van der Waals surface area contributed by atoms with Gasteiger partial charge in [-0.3, -0.25) is 4.79 Å². The van der Waals surface area contributed by atoms with Gasteiger partial charge in [-0.2, -0.15) is 0 Å². The number of carbonyl (C=O) groups excluding carboxylic acids is 1. The number of aromatic nitrogens is 1. The molecule has 1 amide bonds. The van der Waals surface area contributed by atoms with E-state index < -0.39 is 0 Å². The maximum absolute atomic E-state index is 11.7. The van der Waals surface area contributed by atoms with Gasteiger partial charge in [0.1, 0.15) is 0 Å². The minimum absolute atomic E-state index is 0.0689. The number of ether oxygens (including phenoxy) is 2. The van der Waals surface area contributed by atoms with Crippen molar-refractivity contribution in [2.75, 3.05) is 13.3 Å². The second-order valence-corrected chi connectivity index (χ2v) is 6.91. The van der Waals surface area contributed by atoms with E-state index >= 15 is 0 Å². The monoisotopic (exact) mass is 348 g/mol. The number of hydrogen-bond acceptors (Lipinski definition) is 3. The molecule has 26 heavy (non-hydrogen) atoms. The number of aryl methyl sites for hydroxylation is 1. The number of para-hydroxylation sites is 1. The van der Waals surface area contributed by atoms with Crippen LogP contribution in [0.3, 0.4) is 0 Å². The maximum Gasteiger partial charge on any atom is 0.231 e. The Balaban J connectivity index is 1.46. The molecule has 2 aromatic carbocycles. The predicted molar refractivity (Wildman–Crippen MR) is 98.4 cm³/mol. The molecule has 1 atom stereocenters. The van der Waals surface area contributed by atoms with E-state index in [0.29, 0.717) is 0 Å². The Morgan fingerprint density at radius 3 is 2.92 bits per heavy atom. The zero-order chi connectivity index (χ0) is 17.5. The minimum Gasteiger partial charge on any atom is -0.454 e. The van der Waals surface area contributed by atoms with Gasteiger partial charge in [-0.15, -0.1) is 0 Å². The molecule has 5 heteroatoms. The van der Waals surface area contributed by atoms with Gasteiger partial charge in [0.05, 0.1) is 6.04 Å². The molecule has 2 aliphatic heterocycles. The smallest absolute Gasteiger partial charge is 0.231 e. The Bertz CT molecular complexity index is 979. The summed E-state index contributed by atoms with van der Waals surface area (Å²) in [7, 11) is 0. The molecule has 5 rings (SSSR count). The van der Waals surface area contributed by atoms with Gasteiger partial charge in [-0.05, 0) is 54.2 Å². The van der Waals surface area contributed by atoms with Crippen LogP contribution in [-0.2, 0) is 17.6 Å². The summed E-state index contributed by atoms with van der Waals surface area (Å²) in [6.45, 7) is 1.02. The lowest BCUT2D eigenvalue weighted by molar-refractivity contribution is -0.120. The summed E-state index contributed by atoms with van der Waals surface area (Å²) in [5.41, 5.74) is 4.89. The zero-order valence-electron chi connectivity index (χ0n) is 14.4. The molecule has 2 aliphatic rings. The lowest BCUT2D eigenvalue weighted by atomic mass is 9.89. The third kappa shape index (κ3) is 2.43. The van der Waals surface area contributed by atoms with Gasteiger partial charge in [-0.1, -0.05) is 18.2 Å². The number of H-pyrrole nitrogens is 1. The van der Waals surface area contributed by atoms with Gasteiger partial charge >= 0.3 is 0 Å². The van der Waals surface area contributed by atoms with Crippen LogP contribution in [0.4, 0.5) is 0 Å². The minimum atomic E-state index is 0.0689. The molecular weight excluding hydrogens is 328 g/mol. The SMILES string of the molecule is O=CN1CCc2cc3c(cc2C1CCc1c[nH]c2ccccc12)OCO3. The van der Waals surface area contributed by atoms with Crippen LogP contribution in [0.1, 0.15) is 29.2 Å². The largest absolute Gasteiger partial charge is 0.454 e. The highest BCUT2D eigenvalue weighted by Gasteiger charge is 2.29. The maximum atomic E-state index is 11.7. The second kappa shape index (κ2) is 6.09. The Morgan fingerprint density at radius 2 is 2.04 bits per heavy atom. The highest BCUT2D eigenvalue weighted by molar-refractivity contribution is 5.83. The molecule has 0 radical (unpaired) electrons. The molecule has 5 nitrogen and oxygen atoms in total. The van der Waals surface area contributed by atoms with E-state index in [1.807, 2.05) is 11.0 Å². The van der Waals surface area contributed by atoms with E-state index in [9.17, 15) is 4.79 Å². The predicted octanol–water partition coefficient (Wildman–Crippen LogP) is 3.59. The molecule has 1 N–H and O–H groups in total. The molecule has 0 bridgehead atoms. The summed E-state index contributed by atoms with van der Waals surface area (Å²) in [5.74, 6) is 1.60. The fourth-order valence-corrected chi connectivity index (χ4v) is 4.19. The van der Waals surface area contributed by atoms with E-state index in [0.717, 1.165) is 49.2 Å². The molecule has 0 fully saturated rings. The third-order valence-electron chi connectivity index (χ3n) is 5.53. The van der Waals surface area contributed by atoms with Gasteiger partial charge in [-0.25, -0.2) is 0 Å². The van der Waals surface area contributed by atoms with Crippen molar-refractivity contribution in [1.82, 2.24) is 9.88 Å². The summed E-state index contributed by atoms with van der Waals surface area (Å²) >= 11 is 0. The first kappa shape index (κ1) is 15.3. The van der Waals surface area contributed by atoms with E-state index in [-0.39, 0.29) is 12.8 Å². The van der Waals surface area contributed by atoms with Gasteiger partial charge in [0, 0.05) is 23.6 Å². The van der Waals surface area contributed by atoms with E-state index in [4.69, 9.17) is 9.47 Å². The number of benzene rings is 2. The van der Waals surface area contributed by atoms with E-state index in [2.05, 4.69) is 41.5 Å². The second-order valence-electron chi connectivity index (χ2n) is 6.91. The quantitative estimate of drug-likeness (QED) is 0.733. The number of nitrogens with one attached hydrogen (secondary N) is 1. The fourth-order valence-electron chi connectivity index (χ4n) is 4.19. The van der Waals surface area contributed by atoms with Crippen molar-refractivity contribution in [2.45, 2.75) is 25.3 Å². The average molecular weight is 348 g/mol. The number of nitrogens with zero attached hydrogens (tertiary/aromatic N) is 1. The molecule has 3 heterocycles. The van der Waals surface area contributed by atoms with Gasteiger partial charge in [0.2, 0.25) is 13.2 Å². The van der Waals surface area contributed by atoms with Crippen molar-refractivity contribution in [2.24, 2.45) is 0 Å². The first-order valence-corrected chi connectivity index (χ1v) is 9.02. The molecule has 0 saturated carbocycles. The lowest BCUT2D eigenvalue weighted by Crippen LogP contribution is -2.34. The van der Waals surface area contributed by atoms with Crippen LogP contribution in [0.25, 0.3) is 10.9 Å². The molecule has 0 spiro atoms. The summed E-state index contributed by atoms with van der Waals surface area (Å²) in [5, 5.41) is 1.26.